The number of aliphatic carboxylic acids is 1. The Hall–Kier alpha value is -3.68. The lowest BCUT2D eigenvalue weighted by molar-refractivity contribution is -0.140. The molecule has 12 nitrogen and oxygen atoms in total. The number of carboxylic acid groups (broad SMARTS) is 1. The van der Waals surface area contributed by atoms with E-state index in [2.05, 4.69) is 5.32 Å². The van der Waals surface area contributed by atoms with Crippen LogP contribution in [-0.4, -0.2) is 85.8 Å². The lowest BCUT2D eigenvalue weighted by Crippen LogP contribution is -2.66. The topological polar surface area (TPSA) is 186 Å². The molecule has 3 rings (SSSR count). The number of nitrogens with one attached hydrogen (secondary N) is 2. The molecule has 0 bridgehead atoms. The number of para-hydroxylation sites is 1. The molecule has 250 valence electrons. The van der Waals surface area contributed by atoms with Crippen LogP contribution in [0.4, 0.5) is 10.5 Å². The second-order valence-electron chi connectivity index (χ2n) is 11.7. The number of sulfone groups is 1. The number of piperazine rings is 1. The summed E-state index contributed by atoms with van der Waals surface area (Å²) in [7, 11) is -4.84. The molecule has 1 aliphatic heterocycles. The van der Waals surface area contributed by atoms with Gasteiger partial charge in [0, 0.05) is 31.9 Å². The first kappa shape index (κ1) is 37.5. The highest BCUT2D eigenvalue weighted by molar-refractivity contribution is 7.94. The molecule has 2 aromatic carbocycles. The van der Waals surface area contributed by atoms with Crippen LogP contribution in [0.3, 0.4) is 0 Å². The van der Waals surface area contributed by atoms with Gasteiger partial charge in [-0.05, 0) is 53.5 Å². The van der Waals surface area contributed by atoms with Crippen LogP contribution in [0.1, 0.15) is 82.9 Å². The first-order valence-corrected chi connectivity index (χ1v) is 16.6. The predicted molar refractivity (Wildman–Crippen MR) is 176 cm³/mol. The van der Waals surface area contributed by atoms with E-state index < -0.39 is 33.2 Å². The van der Waals surface area contributed by atoms with Gasteiger partial charge >= 0.3 is 12.1 Å². The van der Waals surface area contributed by atoms with E-state index in [1.807, 2.05) is 48.5 Å². The second-order valence-corrected chi connectivity index (χ2v) is 13.8. The van der Waals surface area contributed by atoms with Gasteiger partial charge in [0.05, 0.1) is 18.1 Å². The summed E-state index contributed by atoms with van der Waals surface area (Å²) < 4.78 is 33.7. The van der Waals surface area contributed by atoms with E-state index in [9.17, 15) is 28.2 Å². The SMILES string of the molecule is CC(C)c1cc(C(C)C)c(S(=O)(=O)[C@](CO)(C(=O)O)N(C(=N)N)c2ccccc2)c(C(C)C)c1.CCOC(=O)N1CCNCC1. The molecule has 2 aromatic rings. The summed E-state index contributed by atoms with van der Waals surface area (Å²) in [5.74, 6) is -3.04. The number of amides is 1. The van der Waals surface area contributed by atoms with E-state index in [-0.39, 0.29) is 34.4 Å². The van der Waals surface area contributed by atoms with Gasteiger partial charge in [-0.25, -0.2) is 18.0 Å². The fourth-order valence-electron chi connectivity index (χ4n) is 5.10. The number of hydrogen-bond donors (Lipinski definition) is 5. The smallest absolute Gasteiger partial charge is 0.409 e. The molecule has 1 amide bonds. The summed E-state index contributed by atoms with van der Waals surface area (Å²) in [6.07, 6.45) is -0.186. The molecule has 45 heavy (non-hydrogen) atoms. The van der Waals surface area contributed by atoms with Gasteiger partial charge in [-0.2, -0.15) is 0 Å². The Morgan fingerprint density at radius 2 is 1.53 bits per heavy atom. The van der Waals surface area contributed by atoms with Crippen molar-refractivity contribution < 1.29 is 33.0 Å². The monoisotopic (exact) mass is 647 g/mol. The number of aliphatic hydroxyl groups is 1. The summed E-state index contributed by atoms with van der Waals surface area (Å²) in [6, 6.07) is 11.3. The zero-order chi connectivity index (χ0) is 34.1. The number of nitrogens with zero attached hydrogens (tertiary/aromatic N) is 2. The third-order valence-electron chi connectivity index (χ3n) is 7.60. The van der Waals surface area contributed by atoms with Crippen LogP contribution in [-0.2, 0) is 19.4 Å². The van der Waals surface area contributed by atoms with Crippen LogP contribution in [0.5, 0.6) is 0 Å². The van der Waals surface area contributed by atoms with Crippen molar-refractivity contribution in [2.24, 2.45) is 5.73 Å². The van der Waals surface area contributed by atoms with Crippen LogP contribution < -0.4 is 16.0 Å². The van der Waals surface area contributed by atoms with E-state index in [1.165, 1.54) is 12.1 Å². The van der Waals surface area contributed by atoms with Crippen LogP contribution in [0.15, 0.2) is 47.4 Å². The molecule has 13 heteroatoms. The Labute approximate surface area is 267 Å². The van der Waals surface area contributed by atoms with Gasteiger partial charge < -0.3 is 30.9 Å². The molecule has 1 saturated heterocycles. The van der Waals surface area contributed by atoms with Crippen molar-refractivity contribution in [3.8, 4) is 0 Å². The van der Waals surface area contributed by atoms with Crippen LogP contribution >= 0.6 is 0 Å². The van der Waals surface area contributed by atoms with Crippen molar-refractivity contribution in [1.82, 2.24) is 10.2 Å². The Balaban J connectivity index is 0.000000537. The zero-order valence-electron chi connectivity index (χ0n) is 27.3. The van der Waals surface area contributed by atoms with Gasteiger partial charge in [0.1, 0.15) is 0 Å². The van der Waals surface area contributed by atoms with Crippen molar-refractivity contribution >= 4 is 33.5 Å². The molecule has 0 saturated carbocycles. The number of carbonyl (C=O) groups is 2. The normalized spacial score (nSPS) is 14.9. The fourth-order valence-corrected chi connectivity index (χ4v) is 7.50. The van der Waals surface area contributed by atoms with Gasteiger partial charge in [-0.15, -0.1) is 0 Å². The van der Waals surface area contributed by atoms with E-state index in [4.69, 9.17) is 15.9 Å². The molecule has 0 aliphatic carbocycles. The summed E-state index contributed by atoms with van der Waals surface area (Å²) in [6.45, 7) is 15.6. The average molecular weight is 648 g/mol. The van der Waals surface area contributed by atoms with Gasteiger partial charge in [0.15, 0.2) is 5.96 Å². The van der Waals surface area contributed by atoms with Crippen LogP contribution in [0.25, 0.3) is 0 Å². The minimum Gasteiger partial charge on any atom is -0.479 e. The molecule has 1 atom stereocenters. The molecule has 1 aliphatic rings. The maximum absolute atomic E-state index is 14.4. The number of carbonyl (C=O) groups excluding carboxylic acids is 1. The van der Waals surface area contributed by atoms with Crippen LogP contribution in [0, 0.1) is 5.41 Å². The van der Waals surface area contributed by atoms with Gasteiger partial charge in [-0.3, -0.25) is 10.3 Å². The third kappa shape index (κ3) is 8.13. The number of guanidine groups is 1. The summed E-state index contributed by atoms with van der Waals surface area (Å²) >= 11 is 0. The molecule has 0 aromatic heterocycles. The summed E-state index contributed by atoms with van der Waals surface area (Å²) in [5.41, 5.74) is 7.69. The first-order valence-electron chi connectivity index (χ1n) is 15.2. The van der Waals surface area contributed by atoms with Crippen molar-refractivity contribution in [2.45, 2.75) is 76.0 Å². The van der Waals surface area contributed by atoms with Crippen molar-refractivity contribution in [1.29, 1.82) is 5.41 Å². The minimum atomic E-state index is -4.84. The molecule has 0 unspecified atom stereocenters. The Morgan fingerprint density at radius 3 is 1.91 bits per heavy atom. The van der Waals surface area contributed by atoms with Crippen LogP contribution in [0.2, 0.25) is 0 Å². The maximum atomic E-state index is 14.4. The van der Waals surface area contributed by atoms with Crippen molar-refractivity contribution in [3.63, 3.8) is 0 Å². The molecule has 1 heterocycles. The number of ether oxygens (including phenoxy) is 1. The molecule has 6 N–H and O–H groups in total. The average Bonchev–Trinajstić information content (AvgIpc) is 2.99. The van der Waals surface area contributed by atoms with Gasteiger partial charge in [0.2, 0.25) is 9.84 Å². The number of carboxylic acids is 1. The molecular formula is C32H49N5O7S. The Bertz CT molecular complexity index is 1400. The highest BCUT2D eigenvalue weighted by Gasteiger charge is 2.59. The highest BCUT2D eigenvalue weighted by Crippen LogP contribution is 2.42. The lowest BCUT2D eigenvalue weighted by atomic mass is 9.89. The summed E-state index contributed by atoms with van der Waals surface area (Å²) in [5, 5.41) is 32.1. The Morgan fingerprint density at radius 1 is 1.02 bits per heavy atom. The molecular weight excluding hydrogens is 598 g/mol. The first-order chi connectivity index (χ1) is 21.1. The van der Waals surface area contributed by atoms with E-state index in [0.717, 1.165) is 31.7 Å². The molecule has 0 radical (unpaired) electrons. The minimum absolute atomic E-state index is 0.0611. The van der Waals surface area contributed by atoms with Gasteiger partial charge in [0.25, 0.3) is 4.87 Å². The van der Waals surface area contributed by atoms with E-state index in [1.54, 1.807) is 35.2 Å². The van der Waals surface area contributed by atoms with Gasteiger partial charge in [-0.1, -0.05) is 71.9 Å². The number of anilines is 1. The quantitative estimate of drug-likeness (QED) is 0.186. The zero-order valence-corrected chi connectivity index (χ0v) is 28.1. The second kappa shape index (κ2) is 16.1. The number of hydrogen-bond acceptors (Lipinski definition) is 8. The number of nitrogens with two attached hydrogens (primary N) is 1. The highest BCUT2D eigenvalue weighted by atomic mass is 32.2. The number of aliphatic hydroxyl groups excluding tert-OH is 1. The maximum Gasteiger partial charge on any atom is 0.409 e. The third-order valence-corrected chi connectivity index (χ3v) is 9.98. The van der Waals surface area contributed by atoms with Crippen molar-refractivity contribution in [2.75, 3.05) is 44.3 Å². The van der Waals surface area contributed by atoms with E-state index in [0.29, 0.717) is 22.6 Å². The van der Waals surface area contributed by atoms with Crippen molar-refractivity contribution in [3.05, 3.63) is 59.2 Å². The lowest BCUT2D eigenvalue weighted by Gasteiger charge is -2.40. The number of rotatable bonds is 10. The predicted octanol–water partition coefficient (Wildman–Crippen LogP) is 4.05. The Kier molecular flexibility index (Phi) is 13.4. The van der Waals surface area contributed by atoms with E-state index >= 15 is 0 Å². The largest absolute Gasteiger partial charge is 0.479 e. The standard InChI is InChI=1S/C25H35N3O5S.C7H14N2O2/c1-15(2)18-12-20(16(3)4)22(21(13-18)17(5)6)34(32,33)25(14-29,23(30)31)28(24(26)27)19-10-8-7-9-11-19;1-2-11-7(10)9-5-3-8-4-6-9/h7-13,15-17,29H,14H2,1-6H3,(H3,26,27)(H,30,31);8H,2-6H2,1H3/t25-;/m1./s1. The fraction of sp³-hybridized carbons (Fsp3) is 0.531. The molecule has 0 spiro atoms. The summed E-state index contributed by atoms with van der Waals surface area (Å²) in [4.78, 5) is 23.2. The number of benzene rings is 2. The molecule has 1 fully saturated rings.